The lowest BCUT2D eigenvalue weighted by molar-refractivity contribution is 0.304. The highest BCUT2D eigenvalue weighted by molar-refractivity contribution is 5.46. The van der Waals surface area contributed by atoms with Crippen LogP contribution in [0.15, 0.2) is 42.5 Å². The number of hydrogen-bond donors (Lipinski definition) is 0. The zero-order chi connectivity index (χ0) is 19.8. The minimum atomic E-state index is -0.202. The predicted molar refractivity (Wildman–Crippen MR) is 116 cm³/mol. The first-order valence-corrected chi connectivity index (χ1v) is 10.5. The Morgan fingerprint density at radius 2 is 1.57 bits per heavy atom. The average molecular weight is 373 g/mol. The third-order valence-electron chi connectivity index (χ3n) is 5.77. The van der Waals surface area contributed by atoms with Crippen molar-refractivity contribution in [2.24, 2.45) is 5.92 Å². The van der Waals surface area contributed by atoms with Gasteiger partial charge in [0.25, 0.3) is 0 Å². The Kier molecular flexibility index (Phi) is 7.33. The average Bonchev–Trinajstić information content (AvgIpc) is 2.73. The second kappa shape index (κ2) is 10.1. The van der Waals surface area contributed by atoms with Crippen LogP contribution in [0.2, 0.25) is 0 Å². The molecule has 0 nitrogen and oxygen atoms in total. The molecule has 3 rings (SSSR count). The molecule has 0 unspecified atom stereocenters. The van der Waals surface area contributed by atoms with Gasteiger partial charge in [0.05, 0.1) is 5.56 Å². The Hall–Kier alpha value is -2.51. The van der Waals surface area contributed by atoms with Gasteiger partial charge < -0.3 is 0 Å². The second-order valence-corrected chi connectivity index (χ2v) is 7.80. The molecule has 1 aliphatic rings. The summed E-state index contributed by atoms with van der Waals surface area (Å²) in [5.41, 5.74) is 3.45. The highest BCUT2D eigenvalue weighted by Gasteiger charge is 2.22. The first-order chi connectivity index (χ1) is 13.7. The molecule has 1 fully saturated rings. The van der Waals surface area contributed by atoms with E-state index in [1.807, 2.05) is 37.3 Å². The molecule has 2 aromatic carbocycles. The molecular formula is C27H29F. The van der Waals surface area contributed by atoms with Gasteiger partial charge in [0, 0.05) is 11.1 Å². The number of benzene rings is 2. The first-order valence-electron chi connectivity index (χ1n) is 10.5. The molecule has 0 radical (unpaired) electrons. The van der Waals surface area contributed by atoms with E-state index in [9.17, 15) is 4.39 Å². The van der Waals surface area contributed by atoms with Crippen LogP contribution in [-0.4, -0.2) is 0 Å². The summed E-state index contributed by atoms with van der Waals surface area (Å²) in [6, 6.07) is 13.4. The Labute approximate surface area is 169 Å². The summed E-state index contributed by atoms with van der Waals surface area (Å²) < 4.78 is 14.6. The number of rotatable bonds is 4. The summed E-state index contributed by atoms with van der Waals surface area (Å²) in [5, 5.41) is 0. The van der Waals surface area contributed by atoms with Gasteiger partial charge in [-0.3, -0.25) is 0 Å². The van der Waals surface area contributed by atoms with Crippen molar-refractivity contribution in [3.8, 4) is 23.7 Å². The van der Waals surface area contributed by atoms with E-state index in [0.29, 0.717) is 11.5 Å². The van der Waals surface area contributed by atoms with Gasteiger partial charge in [-0.15, -0.1) is 5.92 Å². The fourth-order valence-corrected chi connectivity index (χ4v) is 4.08. The Balaban J connectivity index is 1.64. The monoisotopic (exact) mass is 372 g/mol. The van der Waals surface area contributed by atoms with Crippen LogP contribution in [0.1, 0.15) is 87.0 Å². The van der Waals surface area contributed by atoms with E-state index in [1.165, 1.54) is 44.9 Å². The van der Waals surface area contributed by atoms with Crippen molar-refractivity contribution in [3.05, 3.63) is 70.5 Å². The topological polar surface area (TPSA) is 0 Å². The Morgan fingerprint density at radius 3 is 2.18 bits per heavy atom. The molecule has 0 amide bonds. The normalized spacial score (nSPS) is 18.5. The van der Waals surface area contributed by atoms with Crippen molar-refractivity contribution in [1.82, 2.24) is 0 Å². The molecule has 1 aliphatic carbocycles. The third kappa shape index (κ3) is 5.50. The molecule has 0 aliphatic heterocycles. The molecule has 144 valence electrons. The SMILES string of the molecule is CC#Cc1ccc(C#Cc2ccc([C@H]3CC[C@H](CCCC)CC3)cc2F)cc1. The van der Waals surface area contributed by atoms with Gasteiger partial charge in [-0.1, -0.05) is 50.0 Å². The van der Waals surface area contributed by atoms with E-state index in [4.69, 9.17) is 0 Å². The first kappa shape index (κ1) is 20.2. The standard InChI is InChI=1S/C27H29F/c1-3-5-7-22-12-15-24(16-13-22)26-19-18-25(27(28)20-26)17-14-23-10-8-21(6-4-2)9-11-23/h8-11,18-20,22,24H,3,5,7,12-13,15-16H2,1-2H3/t22-,24-. The van der Waals surface area contributed by atoms with E-state index >= 15 is 0 Å². The highest BCUT2D eigenvalue weighted by Crippen LogP contribution is 2.38. The van der Waals surface area contributed by atoms with Crippen molar-refractivity contribution < 1.29 is 4.39 Å². The summed E-state index contributed by atoms with van der Waals surface area (Å²) in [6.45, 7) is 4.08. The van der Waals surface area contributed by atoms with Gasteiger partial charge in [0.2, 0.25) is 0 Å². The molecule has 0 aromatic heterocycles. The summed E-state index contributed by atoms with van der Waals surface area (Å²) in [5.74, 6) is 13.1. The van der Waals surface area contributed by atoms with Crippen LogP contribution in [0.3, 0.4) is 0 Å². The van der Waals surface area contributed by atoms with E-state index in [-0.39, 0.29) is 5.82 Å². The summed E-state index contributed by atoms with van der Waals surface area (Å²) in [7, 11) is 0. The second-order valence-electron chi connectivity index (χ2n) is 7.80. The van der Waals surface area contributed by atoms with Crippen LogP contribution < -0.4 is 0 Å². The number of hydrogen-bond acceptors (Lipinski definition) is 0. The van der Waals surface area contributed by atoms with Gasteiger partial charge in [-0.25, -0.2) is 4.39 Å². The third-order valence-corrected chi connectivity index (χ3v) is 5.77. The molecular weight excluding hydrogens is 343 g/mol. The van der Waals surface area contributed by atoms with E-state index in [0.717, 1.165) is 22.6 Å². The lowest BCUT2D eigenvalue weighted by Gasteiger charge is -2.28. The summed E-state index contributed by atoms with van der Waals surface area (Å²) >= 11 is 0. The lowest BCUT2D eigenvalue weighted by atomic mass is 9.77. The predicted octanol–water partition coefficient (Wildman–Crippen LogP) is 7.06. The van der Waals surface area contributed by atoms with Gasteiger partial charge in [0.15, 0.2) is 0 Å². The van der Waals surface area contributed by atoms with E-state index in [1.54, 1.807) is 6.07 Å². The number of unbranched alkanes of at least 4 members (excludes halogenated alkanes) is 1. The molecule has 0 bridgehead atoms. The van der Waals surface area contributed by atoms with Gasteiger partial charge >= 0.3 is 0 Å². The van der Waals surface area contributed by atoms with Crippen molar-refractivity contribution in [1.29, 1.82) is 0 Å². The maximum Gasteiger partial charge on any atom is 0.139 e. The zero-order valence-corrected chi connectivity index (χ0v) is 17.0. The van der Waals surface area contributed by atoms with Crippen LogP contribution in [0.25, 0.3) is 0 Å². The molecule has 0 N–H and O–H groups in total. The van der Waals surface area contributed by atoms with E-state index in [2.05, 4.69) is 36.7 Å². The van der Waals surface area contributed by atoms with E-state index < -0.39 is 0 Å². The molecule has 0 saturated heterocycles. The maximum atomic E-state index is 14.6. The Bertz CT molecular complexity index is 891. The van der Waals surface area contributed by atoms with Crippen molar-refractivity contribution in [3.63, 3.8) is 0 Å². The van der Waals surface area contributed by atoms with Gasteiger partial charge in [-0.05, 0) is 86.4 Å². The quantitative estimate of drug-likeness (QED) is 0.504. The van der Waals surface area contributed by atoms with Crippen LogP contribution in [0, 0.1) is 35.4 Å². The van der Waals surface area contributed by atoms with Gasteiger partial charge in [0.1, 0.15) is 5.82 Å². The van der Waals surface area contributed by atoms with Crippen LogP contribution in [0.4, 0.5) is 4.39 Å². The highest BCUT2D eigenvalue weighted by atomic mass is 19.1. The maximum absolute atomic E-state index is 14.6. The van der Waals surface area contributed by atoms with Crippen LogP contribution in [0.5, 0.6) is 0 Å². The van der Waals surface area contributed by atoms with Gasteiger partial charge in [-0.2, -0.15) is 0 Å². The van der Waals surface area contributed by atoms with Crippen molar-refractivity contribution in [2.75, 3.05) is 0 Å². The van der Waals surface area contributed by atoms with Crippen molar-refractivity contribution >= 4 is 0 Å². The summed E-state index contributed by atoms with van der Waals surface area (Å²) in [4.78, 5) is 0. The zero-order valence-electron chi connectivity index (χ0n) is 17.0. The molecule has 1 heteroatoms. The molecule has 0 heterocycles. The fraction of sp³-hybridized carbons (Fsp3) is 0.407. The molecule has 1 saturated carbocycles. The molecule has 28 heavy (non-hydrogen) atoms. The fourth-order valence-electron chi connectivity index (χ4n) is 4.08. The minimum absolute atomic E-state index is 0.202. The smallest absolute Gasteiger partial charge is 0.139 e. The molecule has 0 atom stereocenters. The minimum Gasteiger partial charge on any atom is -0.206 e. The number of halogens is 1. The largest absolute Gasteiger partial charge is 0.206 e. The molecule has 2 aromatic rings. The molecule has 0 spiro atoms. The van der Waals surface area contributed by atoms with Crippen LogP contribution in [-0.2, 0) is 0 Å². The van der Waals surface area contributed by atoms with Crippen molar-refractivity contribution in [2.45, 2.75) is 64.7 Å². The van der Waals surface area contributed by atoms with Crippen LogP contribution >= 0.6 is 0 Å². The lowest BCUT2D eigenvalue weighted by Crippen LogP contribution is -2.13. The Morgan fingerprint density at radius 1 is 0.893 bits per heavy atom. The summed E-state index contributed by atoms with van der Waals surface area (Å²) in [6.07, 6.45) is 8.92.